The smallest absolute Gasteiger partial charge is 0.254 e. The summed E-state index contributed by atoms with van der Waals surface area (Å²) in [6.45, 7) is 2.49. The van der Waals surface area contributed by atoms with E-state index in [1.54, 1.807) is 11.3 Å². The topological polar surface area (TPSA) is 29.5 Å². The molecule has 1 saturated heterocycles. The van der Waals surface area contributed by atoms with Crippen molar-refractivity contribution >= 4 is 17.2 Å². The molecule has 0 bridgehead atoms. The molecule has 1 amide bonds. The number of hydrogen-bond acceptors (Lipinski definition) is 3. The molecule has 0 spiro atoms. The van der Waals surface area contributed by atoms with Gasteiger partial charge in [0.15, 0.2) is 0 Å². The van der Waals surface area contributed by atoms with Gasteiger partial charge in [0, 0.05) is 18.5 Å². The first-order chi connectivity index (χ1) is 10.8. The molecule has 2 aromatic rings. The van der Waals surface area contributed by atoms with Gasteiger partial charge in [-0.15, -0.1) is 0 Å². The standard InChI is InChI=1S/C18H21NO2S/c20-18(16-9-13-22-14-16)19-10-6-15(7-11-19)8-12-21-17-4-2-1-3-5-17/h1-5,9,13-15H,6-8,10-12H2. The molecular formula is C18H21NO2S. The Balaban J connectivity index is 1.39. The van der Waals surface area contributed by atoms with E-state index >= 15 is 0 Å². The molecule has 1 aromatic heterocycles. The molecule has 116 valence electrons. The SMILES string of the molecule is O=C(c1ccsc1)N1CCC(CCOc2ccccc2)CC1. The Bertz CT molecular complexity index is 574. The first-order valence-corrected chi connectivity index (χ1v) is 8.76. The Labute approximate surface area is 135 Å². The predicted octanol–water partition coefficient (Wildman–Crippen LogP) is 4.07. The van der Waals surface area contributed by atoms with E-state index in [-0.39, 0.29) is 5.91 Å². The van der Waals surface area contributed by atoms with Gasteiger partial charge in [0.1, 0.15) is 5.75 Å². The van der Waals surface area contributed by atoms with Crippen LogP contribution in [-0.2, 0) is 0 Å². The van der Waals surface area contributed by atoms with Crippen LogP contribution < -0.4 is 4.74 Å². The van der Waals surface area contributed by atoms with E-state index in [9.17, 15) is 4.79 Å². The molecule has 1 aromatic carbocycles. The summed E-state index contributed by atoms with van der Waals surface area (Å²) in [4.78, 5) is 14.3. The van der Waals surface area contributed by atoms with Crippen molar-refractivity contribution in [1.29, 1.82) is 0 Å². The van der Waals surface area contributed by atoms with Crippen molar-refractivity contribution in [1.82, 2.24) is 4.90 Å². The van der Waals surface area contributed by atoms with Gasteiger partial charge < -0.3 is 9.64 Å². The first kappa shape index (κ1) is 15.1. The van der Waals surface area contributed by atoms with Crippen LogP contribution in [0.1, 0.15) is 29.6 Å². The Morgan fingerprint density at radius 1 is 1.18 bits per heavy atom. The molecule has 2 heterocycles. The fraction of sp³-hybridized carbons (Fsp3) is 0.389. The number of nitrogens with zero attached hydrogens (tertiary/aromatic N) is 1. The van der Waals surface area contributed by atoms with Crippen LogP contribution in [0.5, 0.6) is 5.75 Å². The molecule has 4 heteroatoms. The summed E-state index contributed by atoms with van der Waals surface area (Å²) in [5, 5.41) is 3.89. The number of piperidine rings is 1. The second-order valence-corrected chi connectivity index (χ2v) is 6.48. The number of carbonyl (C=O) groups is 1. The average molecular weight is 315 g/mol. The fourth-order valence-electron chi connectivity index (χ4n) is 2.85. The van der Waals surface area contributed by atoms with Gasteiger partial charge in [-0.2, -0.15) is 11.3 Å². The maximum atomic E-state index is 12.3. The number of hydrogen-bond donors (Lipinski definition) is 0. The molecule has 0 N–H and O–H groups in total. The molecule has 3 rings (SSSR count). The number of amides is 1. The summed E-state index contributed by atoms with van der Waals surface area (Å²) < 4.78 is 5.76. The van der Waals surface area contributed by atoms with E-state index in [0.717, 1.165) is 50.3 Å². The maximum absolute atomic E-state index is 12.3. The summed E-state index contributed by atoms with van der Waals surface area (Å²) in [6, 6.07) is 11.9. The van der Waals surface area contributed by atoms with Gasteiger partial charge in [-0.05, 0) is 48.8 Å². The second-order valence-electron chi connectivity index (χ2n) is 5.70. The first-order valence-electron chi connectivity index (χ1n) is 7.82. The highest BCUT2D eigenvalue weighted by molar-refractivity contribution is 7.08. The lowest BCUT2D eigenvalue weighted by atomic mass is 9.93. The van der Waals surface area contributed by atoms with E-state index in [2.05, 4.69) is 0 Å². The number of ether oxygens (including phenoxy) is 1. The molecule has 1 aliphatic rings. The lowest BCUT2D eigenvalue weighted by Crippen LogP contribution is -2.38. The van der Waals surface area contributed by atoms with Crippen molar-refractivity contribution in [3.8, 4) is 5.75 Å². The lowest BCUT2D eigenvalue weighted by Gasteiger charge is -2.31. The highest BCUT2D eigenvalue weighted by Gasteiger charge is 2.23. The fourth-order valence-corrected chi connectivity index (χ4v) is 3.48. The highest BCUT2D eigenvalue weighted by atomic mass is 32.1. The number of para-hydroxylation sites is 1. The minimum atomic E-state index is 0.181. The number of carbonyl (C=O) groups excluding carboxylic acids is 1. The van der Waals surface area contributed by atoms with Gasteiger partial charge in [-0.25, -0.2) is 0 Å². The van der Waals surface area contributed by atoms with Crippen molar-refractivity contribution in [2.45, 2.75) is 19.3 Å². The van der Waals surface area contributed by atoms with Crippen LogP contribution in [0, 0.1) is 5.92 Å². The van der Waals surface area contributed by atoms with Gasteiger partial charge in [0.25, 0.3) is 5.91 Å². The zero-order valence-corrected chi connectivity index (χ0v) is 13.4. The molecule has 0 radical (unpaired) electrons. The average Bonchev–Trinajstić information content (AvgIpc) is 3.10. The zero-order chi connectivity index (χ0) is 15.2. The van der Waals surface area contributed by atoms with E-state index in [4.69, 9.17) is 4.74 Å². The van der Waals surface area contributed by atoms with Crippen molar-refractivity contribution in [2.75, 3.05) is 19.7 Å². The molecule has 0 saturated carbocycles. The predicted molar refractivity (Wildman–Crippen MR) is 89.5 cm³/mol. The maximum Gasteiger partial charge on any atom is 0.254 e. The number of rotatable bonds is 5. The quantitative estimate of drug-likeness (QED) is 0.832. The molecule has 0 aliphatic carbocycles. The van der Waals surface area contributed by atoms with Crippen LogP contribution in [0.2, 0.25) is 0 Å². The third-order valence-electron chi connectivity index (χ3n) is 4.21. The van der Waals surface area contributed by atoms with Gasteiger partial charge in [0.05, 0.1) is 12.2 Å². The molecule has 22 heavy (non-hydrogen) atoms. The normalized spacial score (nSPS) is 15.7. The van der Waals surface area contributed by atoms with Crippen LogP contribution in [-0.4, -0.2) is 30.5 Å². The van der Waals surface area contributed by atoms with Crippen LogP contribution in [0.15, 0.2) is 47.2 Å². The molecule has 1 aliphatic heterocycles. The van der Waals surface area contributed by atoms with E-state index in [1.165, 1.54) is 0 Å². The second kappa shape index (κ2) is 7.45. The van der Waals surface area contributed by atoms with Crippen molar-refractivity contribution in [3.05, 3.63) is 52.7 Å². The van der Waals surface area contributed by atoms with Gasteiger partial charge in [0.2, 0.25) is 0 Å². The van der Waals surface area contributed by atoms with Crippen molar-refractivity contribution in [3.63, 3.8) is 0 Å². The van der Waals surface area contributed by atoms with Crippen molar-refractivity contribution in [2.24, 2.45) is 5.92 Å². The highest BCUT2D eigenvalue weighted by Crippen LogP contribution is 2.23. The summed E-state index contributed by atoms with van der Waals surface area (Å²) in [5.41, 5.74) is 0.830. The van der Waals surface area contributed by atoms with Gasteiger partial charge in [-0.3, -0.25) is 4.79 Å². The third kappa shape index (κ3) is 3.89. The molecule has 3 nitrogen and oxygen atoms in total. The van der Waals surface area contributed by atoms with Crippen molar-refractivity contribution < 1.29 is 9.53 Å². The zero-order valence-electron chi connectivity index (χ0n) is 12.6. The summed E-state index contributed by atoms with van der Waals surface area (Å²) in [5.74, 6) is 1.78. The van der Waals surface area contributed by atoms with Gasteiger partial charge in [-0.1, -0.05) is 18.2 Å². The minimum absolute atomic E-state index is 0.181. The Morgan fingerprint density at radius 2 is 1.95 bits per heavy atom. The summed E-state index contributed by atoms with van der Waals surface area (Å²) in [7, 11) is 0. The Hall–Kier alpha value is -1.81. The monoisotopic (exact) mass is 315 g/mol. The molecule has 1 fully saturated rings. The molecule has 0 unspecified atom stereocenters. The number of benzene rings is 1. The van der Waals surface area contributed by atoms with Gasteiger partial charge >= 0.3 is 0 Å². The minimum Gasteiger partial charge on any atom is -0.494 e. The van der Waals surface area contributed by atoms with E-state index in [0.29, 0.717) is 5.92 Å². The largest absolute Gasteiger partial charge is 0.494 e. The molecular weight excluding hydrogens is 294 g/mol. The van der Waals surface area contributed by atoms with Crippen LogP contribution in [0.3, 0.4) is 0 Å². The van der Waals surface area contributed by atoms with Crippen LogP contribution in [0.4, 0.5) is 0 Å². The van der Waals surface area contributed by atoms with Crippen LogP contribution in [0.25, 0.3) is 0 Å². The van der Waals surface area contributed by atoms with E-state index < -0.39 is 0 Å². The molecule has 0 atom stereocenters. The van der Waals surface area contributed by atoms with Crippen LogP contribution >= 0.6 is 11.3 Å². The Kier molecular flexibility index (Phi) is 5.11. The van der Waals surface area contributed by atoms with E-state index in [1.807, 2.05) is 52.1 Å². The summed E-state index contributed by atoms with van der Waals surface area (Å²) >= 11 is 1.58. The lowest BCUT2D eigenvalue weighted by molar-refractivity contribution is 0.0680. The Morgan fingerprint density at radius 3 is 2.64 bits per heavy atom. The third-order valence-corrected chi connectivity index (χ3v) is 4.89. The number of likely N-dealkylation sites (tertiary alicyclic amines) is 1. The summed E-state index contributed by atoms with van der Waals surface area (Å²) in [6.07, 6.45) is 3.22. The number of thiophene rings is 1.